The van der Waals surface area contributed by atoms with E-state index in [1.165, 1.54) is 12.1 Å². The van der Waals surface area contributed by atoms with Crippen LogP contribution in [0.4, 0.5) is 4.79 Å². The van der Waals surface area contributed by atoms with E-state index in [-0.39, 0.29) is 4.90 Å². The highest BCUT2D eigenvalue weighted by atomic mass is 32.2. The van der Waals surface area contributed by atoms with Crippen LogP contribution < -0.4 is 0 Å². The molecule has 1 atom stereocenters. The van der Waals surface area contributed by atoms with Crippen LogP contribution in [-0.2, 0) is 14.8 Å². The van der Waals surface area contributed by atoms with Gasteiger partial charge in [0.15, 0.2) is 0 Å². The zero-order valence-corrected chi connectivity index (χ0v) is 14.3. The van der Waals surface area contributed by atoms with Gasteiger partial charge < -0.3 is 4.74 Å². The molecule has 1 aromatic rings. The molecule has 0 heterocycles. The van der Waals surface area contributed by atoms with Crippen LogP contribution in [0, 0.1) is 0 Å². The first-order valence-corrected chi connectivity index (χ1v) is 8.47. The molecule has 0 saturated carbocycles. The van der Waals surface area contributed by atoms with E-state index >= 15 is 0 Å². The summed E-state index contributed by atoms with van der Waals surface area (Å²) < 4.78 is 31.6. The minimum Gasteiger partial charge on any atom is -0.443 e. The molecule has 0 aliphatic carbocycles. The summed E-state index contributed by atoms with van der Waals surface area (Å²) in [6.45, 7) is 10.3. The first kappa shape index (κ1) is 18.2. The number of sulfonamides is 1. The molecule has 1 unspecified atom stereocenters. The maximum Gasteiger partial charge on any atom is 0.424 e. The van der Waals surface area contributed by atoms with Gasteiger partial charge in [0.05, 0.1) is 10.9 Å². The van der Waals surface area contributed by atoms with Crippen molar-refractivity contribution in [3.63, 3.8) is 0 Å². The Morgan fingerprint density at radius 2 is 1.86 bits per heavy atom. The molecule has 0 spiro atoms. The van der Waals surface area contributed by atoms with Crippen LogP contribution in [0.15, 0.2) is 47.9 Å². The Morgan fingerprint density at radius 3 is 2.32 bits per heavy atom. The van der Waals surface area contributed by atoms with Gasteiger partial charge in [-0.25, -0.2) is 13.2 Å². The summed E-state index contributed by atoms with van der Waals surface area (Å²) >= 11 is 0. The Kier molecular flexibility index (Phi) is 5.77. The second-order valence-corrected chi connectivity index (χ2v) is 7.78. The lowest BCUT2D eigenvalue weighted by atomic mass is 10.2. The van der Waals surface area contributed by atoms with Crippen molar-refractivity contribution in [1.82, 2.24) is 4.31 Å². The molecule has 22 heavy (non-hydrogen) atoms. The highest BCUT2D eigenvalue weighted by Crippen LogP contribution is 2.22. The molecule has 0 bridgehead atoms. The fourth-order valence-corrected chi connectivity index (χ4v) is 3.39. The summed E-state index contributed by atoms with van der Waals surface area (Å²) in [7, 11) is -3.98. The van der Waals surface area contributed by atoms with Crippen molar-refractivity contribution in [2.45, 2.75) is 50.7 Å². The predicted molar refractivity (Wildman–Crippen MR) is 86.0 cm³/mol. The summed E-state index contributed by atoms with van der Waals surface area (Å²) in [5.74, 6) is 0. The van der Waals surface area contributed by atoms with Crippen LogP contribution in [0.1, 0.15) is 34.1 Å². The molecule has 1 aromatic carbocycles. The lowest BCUT2D eigenvalue weighted by molar-refractivity contribution is 0.0349. The van der Waals surface area contributed by atoms with E-state index in [9.17, 15) is 13.2 Å². The zero-order valence-electron chi connectivity index (χ0n) is 13.4. The van der Waals surface area contributed by atoms with Gasteiger partial charge in [-0.15, -0.1) is 6.58 Å². The van der Waals surface area contributed by atoms with E-state index in [2.05, 4.69) is 6.58 Å². The van der Waals surface area contributed by atoms with Crippen molar-refractivity contribution in [2.75, 3.05) is 0 Å². The third-order valence-corrected chi connectivity index (χ3v) is 4.68. The standard InChI is InChI=1S/C16H23NO4S/c1-6-10-13(2)17(15(18)21-16(3,4)5)22(19,20)14-11-8-7-9-12-14/h6-9,11-13H,1,10H2,2-5H3. The van der Waals surface area contributed by atoms with Crippen molar-refractivity contribution < 1.29 is 17.9 Å². The van der Waals surface area contributed by atoms with E-state index in [1.54, 1.807) is 52.0 Å². The molecule has 0 N–H and O–H groups in total. The zero-order chi connectivity index (χ0) is 17.0. The molecule has 122 valence electrons. The van der Waals surface area contributed by atoms with Crippen molar-refractivity contribution >= 4 is 16.1 Å². The van der Waals surface area contributed by atoms with Gasteiger partial charge in [0.1, 0.15) is 5.60 Å². The van der Waals surface area contributed by atoms with Gasteiger partial charge in [-0.2, -0.15) is 4.31 Å². The SMILES string of the molecule is C=CCC(C)N(C(=O)OC(C)(C)C)S(=O)(=O)c1ccccc1. The second kappa shape index (κ2) is 6.96. The number of ether oxygens (including phenoxy) is 1. The average Bonchev–Trinajstić information content (AvgIpc) is 2.37. The normalized spacial score (nSPS) is 13.3. The molecule has 0 aliphatic heterocycles. The Bertz CT molecular complexity index is 617. The highest BCUT2D eigenvalue weighted by Gasteiger charge is 2.36. The van der Waals surface area contributed by atoms with Crippen molar-refractivity contribution in [2.24, 2.45) is 0 Å². The largest absolute Gasteiger partial charge is 0.443 e. The molecular formula is C16H23NO4S. The molecule has 1 amide bonds. The number of hydrogen-bond acceptors (Lipinski definition) is 4. The number of carbonyl (C=O) groups excluding carboxylic acids is 1. The van der Waals surface area contributed by atoms with E-state index < -0.39 is 27.8 Å². The Hall–Kier alpha value is -1.82. The number of rotatable bonds is 5. The Morgan fingerprint density at radius 1 is 1.32 bits per heavy atom. The highest BCUT2D eigenvalue weighted by molar-refractivity contribution is 7.89. The number of benzene rings is 1. The first-order valence-electron chi connectivity index (χ1n) is 7.03. The number of hydrogen-bond donors (Lipinski definition) is 0. The third kappa shape index (κ3) is 4.59. The van der Waals surface area contributed by atoms with E-state index in [1.807, 2.05) is 0 Å². The van der Waals surface area contributed by atoms with Gasteiger partial charge in [0, 0.05) is 0 Å². The van der Waals surface area contributed by atoms with Gasteiger partial charge >= 0.3 is 6.09 Å². The monoisotopic (exact) mass is 325 g/mol. The third-order valence-electron chi connectivity index (χ3n) is 2.78. The Balaban J connectivity index is 3.26. The smallest absolute Gasteiger partial charge is 0.424 e. The van der Waals surface area contributed by atoms with Crippen LogP contribution in [0.25, 0.3) is 0 Å². The van der Waals surface area contributed by atoms with Crippen molar-refractivity contribution in [3.05, 3.63) is 43.0 Å². The molecule has 0 aliphatic rings. The molecule has 0 aromatic heterocycles. The van der Waals surface area contributed by atoms with Crippen LogP contribution in [0.5, 0.6) is 0 Å². The maximum atomic E-state index is 12.8. The number of carbonyl (C=O) groups is 1. The molecule has 6 heteroatoms. The van der Waals surface area contributed by atoms with Crippen LogP contribution in [0.3, 0.4) is 0 Å². The lowest BCUT2D eigenvalue weighted by Gasteiger charge is -2.30. The molecular weight excluding hydrogens is 302 g/mol. The minimum absolute atomic E-state index is 0.0526. The molecule has 1 rings (SSSR count). The van der Waals surface area contributed by atoms with E-state index in [0.717, 1.165) is 4.31 Å². The van der Waals surface area contributed by atoms with Crippen LogP contribution in [0.2, 0.25) is 0 Å². The maximum absolute atomic E-state index is 12.8. The minimum atomic E-state index is -3.98. The summed E-state index contributed by atoms with van der Waals surface area (Å²) in [5.41, 5.74) is -0.782. The van der Waals surface area contributed by atoms with E-state index in [4.69, 9.17) is 4.74 Å². The summed E-state index contributed by atoms with van der Waals surface area (Å²) in [6.07, 6.45) is 1.03. The van der Waals surface area contributed by atoms with Crippen molar-refractivity contribution in [1.29, 1.82) is 0 Å². The van der Waals surface area contributed by atoms with Gasteiger partial charge in [-0.1, -0.05) is 24.3 Å². The molecule has 0 radical (unpaired) electrons. The predicted octanol–water partition coefficient (Wildman–Crippen LogP) is 3.58. The summed E-state index contributed by atoms with van der Waals surface area (Å²) in [6, 6.07) is 7.25. The fraction of sp³-hybridized carbons (Fsp3) is 0.438. The lowest BCUT2D eigenvalue weighted by Crippen LogP contribution is -2.45. The van der Waals surface area contributed by atoms with Crippen LogP contribution >= 0.6 is 0 Å². The van der Waals surface area contributed by atoms with Gasteiger partial charge in [-0.05, 0) is 46.2 Å². The van der Waals surface area contributed by atoms with Gasteiger partial charge in [0.25, 0.3) is 10.0 Å². The van der Waals surface area contributed by atoms with Gasteiger partial charge in [0.2, 0.25) is 0 Å². The summed E-state index contributed by atoms with van der Waals surface area (Å²) in [5, 5.41) is 0. The summed E-state index contributed by atoms with van der Waals surface area (Å²) in [4.78, 5) is 12.4. The molecule has 0 saturated heterocycles. The molecule has 0 fully saturated rings. The molecule has 5 nitrogen and oxygen atoms in total. The Labute approximate surface area is 132 Å². The number of amides is 1. The quantitative estimate of drug-likeness (QED) is 0.776. The van der Waals surface area contributed by atoms with Crippen LogP contribution in [-0.4, -0.2) is 30.5 Å². The van der Waals surface area contributed by atoms with Crippen molar-refractivity contribution in [3.8, 4) is 0 Å². The second-order valence-electron chi connectivity index (χ2n) is 5.97. The average molecular weight is 325 g/mol. The van der Waals surface area contributed by atoms with E-state index in [0.29, 0.717) is 6.42 Å². The fourth-order valence-electron chi connectivity index (χ4n) is 1.86. The topological polar surface area (TPSA) is 63.7 Å². The first-order chi connectivity index (χ1) is 10.1. The number of nitrogens with zero attached hydrogens (tertiary/aromatic N) is 1. The van der Waals surface area contributed by atoms with Gasteiger partial charge in [-0.3, -0.25) is 0 Å².